The van der Waals surface area contributed by atoms with Crippen LogP contribution in [0, 0.1) is 5.41 Å². The topological polar surface area (TPSA) is 91.0 Å². The van der Waals surface area contributed by atoms with Crippen LogP contribution in [-0.2, 0) is 16.1 Å². The second-order valence-corrected chi connectivity index (χ2v) is 8.63. The highest BCUT2D eigenvalue weighted by atomic mass is 16.5. The molecule has 4 heterocycles. The number of rotatable bonds is 3. The first kappa shape index (κ1) is 18.4. The molecule has 0 aliphatic carbocycles. The second kappa shape index (κ2) is 6.73. The van der Waals surface area contributed by atoms with E-state index < -0.39 is 11.9 Å². The van der Waals surface area contributed by atoms with Crippen LogP contribution in [0.4, 0.5) is 5.69 Å². The van der Waals surface area contributed by atoms with Gasteiger partial charge in [-0.25, -0.2) is 0 Å². The Hall–Kier alpha value is -2.61. The van der Waals surface area contributed by atoms with Gasteiger partial charge < -0.3 is 19.9 Å². The van der Waals surface area contributed by atoms with E-state index in [1.54, 1.807) is 12.0 Å². The van der Waals surface area contributed by atoms with E-state index in [2.05, 4.69) is 15.5 Å². The number of nitrogens with zero attached hydrogens (tertiary/aromatic N) is 2. The van der Waals surface area contributed by atoms with Gasteiger partial charge in [-0.3, -0.25) is 19.7 Å². The molecule has 1 unspecified atom stereocenters. The van der Waals surface area contributed by atoms with Gasteiger partial charge in [0, 0.05) is 43.7 Å². The summed E-state index contributed by atoms with van der Waals surface area (Å²) >= 11 is 0. The van der Waals surface area contributed by atoms with E-state index in [1.165, 1.54) is 0 Å². The molecule has 0 aromatic heterocycles. The number of anilines is 1. The third-order valence-electron chi connectivity index (χ3n) is 7.01. The van der Waals surface area contributed by atoms with Crippen LogP contribution >= 0.6 is 0 Å². The molecule has 8 nitrogen and oxygen atoms in total. The Morgan fingerprint density at radius 3 is 2.52 bits per heavy atom. The first-order valence-electron chi connectivity index (χ1n) is 10.3. The molecule has 3 saturated heterocycles. The fourth-order valence-electron chi connectivity index (χ4n) is 5.13. The number of piperidine rings is 2. The van der Waals surface area contributed by atoms with Gasteiger partial charge in [0.15, 0.2) is 0 Å². The minimum atomic E-state index is -0.610. The predicted molar refractivity (Wildman–Crippen MR) is 106 cm³/mol. The Morgan fingerprint density at radius 2 is 1.90 bits per heavy atom. The average Bonchev–Trinajstić information content (AvgIpc) is 3.03. The number of hydrogen-bond acceptors (Lipinski definition) is 6. The van der Waals surface area contributed by atoms with Gasteiger partial charge in [-0.2, -0.15) is 0 Å². The van der Waals surface area contributed by atoms with Crippen molar-refractivity contribution < 1.29 is 19.1 Å². The van der Waals surface area contributed by atoms with Crippen LogP contribution in [0.25, 0.3) is 0 Å². The summed E-state index contributed by atoms with van der Waals surface area (Å²) in [6, 6.07) is 3.22. The lowest BCUT2D eigenvalue weighted by Gasteiger charge is -2.49. The number of methoxy groups -OCH3 is 1. The van der Waals surface area contributed by atoms with Crippen LogP contribution in [0.2, 0.25) is 0 Å². The Bertz CT molecular complexity index is 885. The number of carbonyl (C=O) groups excluding carboxylic acids is 3. The zero-order chi connectivity index (χ0) is 20.2. The molecule has 2 N–H and O–H groups in total. The van der Waals surface area contributed by atoms with E-state index in [1.807, 2.05) is 12.1 Å². The lowest BCUT2D eigenvalue weighted by atomic mass is 9.73. The SMILES string of the molecule is COc1c(N2CCC3(CC2)CNC3)ccc2c1CN(C1CCC(=O)NC1=O)C2=O. The summed E-state index contributed by atoms with van der Waals surface area (Å²) in [5.74, 6) is -0.109. The van der Waals surface area contributed by atoms with Gasteiger partial charge in [-0.1, -0.05) is 0 Å². The van der Waals surface area contributed by atoms with Crippen LogP contribution in [-0.4, -0.2) is 62.0 Å². The van der Waals surface area contributed by atoms with E-state index in [0.717, 1.165) is 56.0 Å². The van der Waals surface area contributed by atoms with Crippen molar-refractivity contribution >= 4 is 23.4 Å². The van der Waals surface area contributed by atoms with Crippen LogP contribution in [0.1, 0.15) is 41.6 Å². The summed E-state index contributed by atoms with van der Waals surface area (Å²) < 4.78 is 5.77. The highest BCUT2D eigenvalue weighted by molar-refractivity contribution is 6.06. The monoisotopic (exact) mass is 398 g/mol. The summed E-state index contributed by atoms with van der Waals surface area (Å²) in [4.78, 5) is 40.7. The summed E-state index contributed by atoms with van der Waals surface area (Å²) in [7, 11) is 1.64. The summed E-state index contributed by atoms with van der Waals surface area (Å²) in [5, 5.41) is 5.74. The van der Waals surface area contributed by atoms with Crippen molar-refractivity contribution in [3.63, 3.8) is 0 Å². The van der Waals surface area contributed by atoms with Gasteiger partial charge >= 0.3 is 0 Å². The van der Waals surface area contributed by atoms with Crippen LogP contribution in [0.15, 0.2) is 12.1 Å². The lowest BCUT2D eigenvalue weighted by Crippen LogP contribution is -2.58. The number of imide groups is 1. The number of nitrogens with one attached hydrogen (secondary N) is 2. The van der Waals surface area contributed by atoms with Gasteiger partial charge in [-0.05, 0) is 36.8 Å². The Morgan fingerprint density at radius 1 is 1.14 bits per heavy atom. The molecule has 3 fully saturated rings. The fourth-order valence-corrected chi connectivity index (χ4v) is 5.13. The Kier molecular flexibility index (Phi) is 4.27. The summed E-state index contributed by atoms with van der Waals surface area (Å²) in [6.45, 7) is 4.50. The molecule has 1 atom stereocenters. The molecule has 4 aliphatic heterocycles. The van der Waals surface area contributed by atoms with Crippen molar-refractivity contribution in [2.45, 2.75) is 38.3 Å². The van der Waals surface area contributed by atoms with Gasteiger partial charge in [-0.15, -0.1) is 0 Å². The van der Waals surface area contributed by atoms with Crippen molar-refractivity contribution in [2.24, 2.45) is 5.41 Å². The van der Waals surface area contributed by atoms with Crippen molar-refractivity contribution in [3.8, 4) is 5.75 Å². The van der Waals surface area contributed by atoms with Crippen LogP contribution in [0.3, 0.4) is 0 Å². The molecule has 0 saturated carbocycles. The molecular weight excluding hydrogens is 372 g/mol. The number of carbonyl (C=O) groups is 3. The van der Waals surface area contributed by atoms with Gasteiger partial charge in [0.1, 0.15) is 11.8 Å². The quantitative estimate of drug-likeness (QED) is 0.727. The number of ether oxygens (including phenoxy) is 1. The highest BCUT2D eigenvalue weighted by Gasteiger charge is 2.43. The van der Waals surface area contributed by atoms with Crippen molar-refractivity contribution in [3.05, 3.63) is 23.3 Å². The third-order valence-corrected chi connectivity index (χ3v) is 7.01. The normalized spacial score (nSPS) is 25.7. The van der Waals surface area contributed by atoms with E-state index in [9.17, 15) is 14.4 Å². The van der Waals surface area contributed by atoms with Gasteiger partial charge in [0.2, 0.25) is 11.8 Å². The minimum Gasteiger partial charge on any atom is -0.494 e. The largest absolute Gasteiger partial charge is 0.494 e. The molecule has 1 aromatic carbocycles. The molecule has 154 valence electrons. The van der Waals surface area contributed by atoms with E-state index in [4.69, 9.17) is 4.74 Å². The number of hydrogen-bond donors (Lipinski definition) is 2. The number of fused-ring (bicyclic) bond motifs is 1. The predicted octanol–water partition coefficient (Wildman–Crippen LogP) is 0.646. The fraction of sp³-hybridized carbons (Fsp3) is 0.571. The van der Waals surface area contributed by atoms with E-state index >= 15 is 0 Å². The molecule has 1 spiro atoms. The maximum absolute atomic E-state index is 13.0. The van der Waals surface area contributed by atoms with Crippen LogP contribution in [0.5, 0.6) is 5.75 Å². The summed E-state index contributed by atoms with van der Waals surface area (Å²) in [6.07, 6.45) is 2.92. The molecule has 4 aliphatic rings. The Labute approximate surface area is 169 Å². The van der Waals surface area contributed by atoms with Crippen LogP contribution < -0.4 is 20.3 Å². The zero-order valence-corrected chi connectivity index (χ0v) is 16.6. The van der Waals surface area contributed by atoms with Gasteiger partial charge in [0.25, 0.3) is 5.91 Å². The average molecular weight is 398 g/mol. The molecule has 0 radical (unpaired) electrons. The number of benzene rings is 1. The second-order valence-electron chi connectivity index (χ2n) is 8.63. The van der Waals surface area contributed by atoms with Crippen molar-refractivity contribution in [1.29, 1.82) is 0 Å². The number of amides is 3. The molecule has 3 amide bonds. The maximum Gasteiger partial charge on any atom is 0.255 e. The van der Waals surface area contributed by atoms with E-state index in [0.29, 0.717) is 23.9 Å². The molecule has 8 heteroatoms. The summed E-state index contributed by atoms with van der Waals surface area (Å²) in [5.41, 5.74) is 2.91. The van der Waals surface area contributed by atoms with Crippen molar-refractivity contribution in [1.82, 2.24) is 15.5 Å². The maximum atomic E-state index is 13.0. The first-order valence-corrected chi connectivity index (χ1v) is 10.3. The standard InChI is InChI=1S/C21H26N4O4/c1-29-18-14-10-25(16-4-5-17(26)23-19(16)27)20(28)13(14)2-3-15(18)24-8-6-21(7-9-24)11-22-12-21/h2-3,16,22H,4-12H2,1H3,(H,23,26,27). The van der Waals surface area contributed by atoms with E-state index in [-0.39, 0.29) is 18.2 Å². The minimum absolute atomic E-state index is 0.169. The first-order chi connectivity index (χ1) is 14.0. The Balaban J connectivity index is 1.40. The third kappa shape index (κ3) is 2.88. The van der Waals surface area contributed by atoms with Crippen molar-refractivity contribution in [2.75, 3.05) is 38.2 Å². The molecule has 29 heavy (non-hydrogen) atoms. The zero-order valence-electron chi connectivity index (χ0n) is 16.6. The molecule has 0 bridgehead atoms. The highest BCUT2D eigenvalue weighted by Crippen LogP contribution is 2.43. The molecule has 5 rings (SSSR count). The smallest absolute Gasteiger partial charge is 0.255 e. The lowest BCUT2D eigenvalue weighted by molar-refractivity contribution is -0.136. The van der Waals surface area contributed by atoms with Gasteiger partial charge in [0.05, 0.1) is 19.3 Å². The molecular formula is C21H26N4O4. The molecule has 1 aromatic rings.